The van der Waals surface area contributed by atoms with Crippen LogP contribution in [-0.2, 0) is 34.6 Å². The van der Waals surface area contributed by atoms with Crippen molar-refractivity contribution in [3.8, 4) is 0 Å². The zero-order chi connectivity index (χ0) is 18.2. The Labute approximate surface area is 149 Å². The normalized spacial score (nSPS) is 16.4. The fourth-order valence-electron chi connectivity index (χ4n) is 3.42. The van der Waals surface area contributed by atoms with Crippen molar-refractivity contribution in [2.75, 3.05) is 13.7 Å². The highest BCUT2D eigenvalue weighted by molar-refractivity contribution is 7.89. The van der Waals surface area contributed by atoms with Gasteiger partial charge in [-0.2, -0.15) is 0 Å². The van der Waals surface area contributed by atoms with E-state index < -0.39 is 15.6 Å². The van der Waals surface area contributed by atoms with Gasteiger partial charge in [-0.25, -0.2) is 18.1 Å². The standard InChI is InChI=1S/C18H25N3O3S/c1-13(2)17-20-16(11-21(17)3)25(22,23)19-12-18(24-4)9-14-7-5-6-8-15(14)10-18/h5-8,11,13,19H,9-10,12H2,1-4H3. The smallest absolute Gasteiger partial charge is 0.259 e. The van der Waals surface area contributed by atoms with E-state index in [1.54, 1.807) is 17.9 Å². The van der Waals surface area contributed by atoms with E-state index in [1.165, 1.54) is 11.1 Å². The van der Waals surface area contributed by atoms with Crippen LogP contribution >= 0.6 is 0 Å². The molecule has 0 saturated carbocycles. The third kappa shape index (κ3) is 3.49. The number of aryl methyl sites for hydroxylation is 1. The first kappa shape index (κ1) is 18.1. The number of fused-ring (bicyclic) bond motifs is 1. The molecule has 0 fully saturated rings. The lowest BCUT2D eigenvalue weighted by atomic mass is 10.0. The molecular weight excluding hydrogens is 338 g/mol. The van der Waals surface area contributed by atoms with Crippen LogP contribution in [-0.4, -0.2) is 37.2 Å². The molecule has 6 nitrogen and oxygen atoms in total. The molecule has 25 heavy (non-hydrogen) atoms. The minimum Gasteiger partial charge on any atom is -0.376 e. The van der Waals surface area contributed by atoms with Crippen molar-refractivity contribution in [1.29, 1.82) is 0 Å². The van der Waals surface area contributed by atoms with Gasteiger partial charge in [0.25, 0.3) is 10.0 Å². The number of ether oxygens (including phenoxy) is 1. The van der Waals surface area contributed by atoms with Crippen LogP contribution in [0.3, 0.4) is 0 Å². The average Bonchev–Trinajstić information content (AvgIpc) is 3.14. The number of benzene rings is 1. The predicted molar refractivity (Wildman–Crippen MR) is 96.1 cm³/mol. The summed E-state index contributed by atoms with van der Waals surface area (Å²) in [6.07, 6.45) is 2.95. The first-order valence-corrected chi connectivity index (χ1v) is 9.89. The van der Waals surface area contributed by atoms with E-state index >= 15 is 0 Å². The zero-order valence-corrected chi connectivity index (χ0v) is 15.9. The molecule has 0 atom stereocenters. The highest BCUT2D eigenvalue weighted by Crippen LogP contribution is 2.32. The van der Waals surface area contributed by atoms with Crippen molar-refractivity contribution in [3.63, 3.8) is 0 Å². The molecule has 3 rings (SSSR count). The zero-order valence-electron chi connectivity index (χ0n) is 15.1. The number of aromatic nitrogens is 2. The number of hydrogen-bond donors (Lipinski definition) is 1. The second-order valence-electron chi connectivity index (χ2n) is 7.04. The summed E-state index contributed by atoms with van der Waals surface area (Å²) in [5, 5.41) is 0.0560. The lowest BCUT2D eigenvalue weighted by molar-refractivity contribution is 0.00377. The Bertz CT molecular complexity index is 846. The molecule has 1 heterocycles. The first-order chi connectivity index (χ1) is 11.8. The monoisotopic (exact) mass is 363 g/mol. The van der Waals surface area contributed by atoms with Crippen molar-refractivity contribution in [2.45, 2.75) is 43.2 Å². The minimum absolute atomic E-state index is 0.0560. The number of hydrogen-bond acceptors (Lipinski definition) is 4. The fraction of sp³-hybridized carbons (Fsp3) is 0.500. The van der Waals surface area contributed by atoms with Crippen LogP contribution in [0.25, 0.3) is 0 Å². The van der Waals surface area contributed by atoms with E-state index in [4.69, 9.17) is 4.74 Å². The van der Waals surface area contributed by atoms with Gasteiger partial charge in [0.2, 0.25) is 0 Å². The summed E-state index contributed by atoms with van der Waals surface area (Å²) >= 11 is 0. The number of sulfonamides is 1. The van der Waals surface area contributed by atoms with Crippen molar-refractivity contribution in [1.82, 2.24) is 14.3 Å². The Morgan fingerprint density at radius 1 is 1.28 bits per heavy atom. The number of imidazole rings is 1. The number of methoxy groups -OCH3 is 1. The molecule has 0 amide bonds. The van der Waals surface area contributed by atoms with Gasteiger partial charge < -0.3 is 9.30 Å². The maximum Gasteiger partial charge on any atom is 0.259 e. The molecule has 1 aliphatic carbocycles. The first-order valence-electron chi connectivity index (χ1n) is 8.41. The van der Waals surface area contributed by atoms with E-state index in [9.17, 15) is 8.42 Å². The van der Waals surface area contributed by atoms with Crippen LogP contribution in [0.1, 0.15) is 36.7 Å². The maximum atomic E-state index is 12.7. The molecule has 0 unspecified atom stereocenters. The molecule has 136 valence electrons. The van der Waals surface area contributed by atoms with E-state index in [1.807, 2.05) is 33.0 Å². The average molecular weight is 363 g/mol. The van der Waals surface area contributed by atoms with Gasteiger partial charge in [-0.1, -0.05) is 38.1 Å². The van der Waals surface area contributed by atoms with Crippen LogP contribution in [0.5, 0.6) is 0 Å². The summed E-state index contributed by atoms with van der Waals surface area (Å²) in [5.41, 5.74) is 1.87. The van der Waals surface area contributed by atoms with E-state index in [-0.39, 0.29) is 17.5 Å². The minimum atomic E-state index is -3.68. The van der Waals surface area contributed by atoms with Gasteiger partial charge >= 0.3 is 0 Å². The Morgan fingerprint density at radius 2 is 1.88 bits per heavy atom. The summed E-state index contributed by atoms with van der Waals surface area (Å²) in [6, 6.07) is 8.13. The summed E-state index contributed by atoms with van der Waals surface area (Å²) in [6.45, 7) is 4.19. The number of nitrogens with one attached hydrogen (secondary N) is 1. The highest BCUT2D eigenvalue weighted by atomic mass is 32.2. The van der Waals surface area contributed by atoms with Crippen LogP contribution in [0.4, 0.5) is 0 Å². The van der Waals surface area contributed by atoms with Crippen molar-refractivity contribution in [3.05, 3.63) is 47.4 Å². The van der Waals surface area contributed by atoms with Crippen molar-refractivity contribution < 1.29 is 13.2 Å². The SMILES string of the molecule is COC1(CNS(=O)(=O)c2cn(C)c(C(C)C)n2)Cc2ccccc2C1. The molecule has 1 aliphatic rings. The van der Waals surface area contributed by atoms with E-state index in [0.29, 0.717) is 12.8 Å². The molecular formula is C18H25N3O3S. The Kier molecular flexibility index (Phi) is 4.74. The maximum absolute atomic E-state index is 12.7. The van der Waals surface area contributed by atoms with Crippen LogP contribution in [0.2, 0.25) is 0 Å². The van der Waals surface area contributed by atoms with E-state index in [2.05, 4.69) is 21.8 Å². The third-order valence-corrected chi connectivity index (χ3v) is 6.11. The number of rotatable bonds is 6. The quantitative estimate of drug-likeness (QED) is 0.852. The van der Waals surface area contributed by atoms with E-state index in [0.717, 1.165) is 5.82 Å². The lowest BCUT2D eigenvalue weighted by Gasteiger charge is -2.27. The molecule has 0 spiro atoms. The van der Waals surface area contributed by atoms with Gasteiger partial charge in [-0.05, 0) is 11.1 Å². The second kappa shape index (κ2) is 6.55. The number of nitrogens with zero attached hydrogens (tertiary/aromatic N) is 2. The summed E-state index contributed by atoms with van der Waals surface area (Å²) in [7, 11) is -0.233. The Balaban J connectivity index is 1.77. The fourth-order valence-corrected chi connectivity index (χ4v) is 4.53. The van der Waals surface area contributed by atoms with Crippen LogP contribution < -0.4 is 4.72 Å². The largest absolute Gasteiger partial charge is 0.376 e. The predicted octanol–water partition coefficient (Wildman–Crippen LogP) is 2.01. The summed E-state index contributed by atoms with van der Waals surface area (Å²) in [5.74, 6) is 0.902. The van der Waals surface area contributed by atoms with Crippen molar-refractivity contribution in [2.24, 2.45) is 7.05 Å². The summed E-state index contributed by atoms with van der Waals surface area (Å²) < 4.78 is 35.5. The molecule has 1 aromatic heterocycles. The molecule has 0 bridgehead atoms. The van der Waals surface area contributed by atoms with Crippen LogP contribution in [0, 0.1) is 0 Å². The summed E-state index contributed by atoms with van der Waals surface area (Å²) in [4.78, 5) is 4.29. The van der Waals surface area contributed by atoms with Crippen LogP contribution in [0.15, 0.2) is 35.5 Å². The molecule has 2 aromatic rings. The Morgan fingerprint density at radius 3 is 2.36 bits per heavy atom. The van der Waals surface area contributed by atoms with Gasteiger partial charge in [0.1, 0.15) is 5.82 Å². The molecule has 1 aromatic carbocycles. The second-order valence-corrected chi connectivity index (χ2v) is 8.75. The molecule has 0 saturated heterocycles. The Hall–Kier alpha value is -1.70. The lowest BCUT2D eigenvalue weighted by Crippen LogP contribution is -2.45. The third-order valence-electron chi connectivity index (χ3n) is 4.84. The molecule has 0 aliphatic heterocycles. The molecule has 0 radical (unpaired) electrons. The van der Waals surface area contributed by atoms with Crippen molar-refractivity contribution >= 4 is 10.0 Å². The van der Waals surface area contributed by atoms with Gasteiger partial charge in [0.05, 0.1) is 5.60 Å². The molecule has 7 heteroatoms. The van der Waals surface area contributed by atoms with Gasteiger partial charge in [0.15, 0.2) is 5.03 Å². The van der Waals surface area contributed by atoms with Gasteiger partial charge in [-0.3, -0.25) is 0 Å². The molecule has 1 N–H and O–H groups in total. The highest BCUT2D eigenvalue weighted by Gasteiger charge is 2.38. The van der Waals surface area contributed by atoms with Gasteiger partial charge in [-0.15, -0.1) is 0 Å². The topological polar surface area (TPSA) is 73.2 Å². The van der Waals surface area contributed by atoms with Gasteiger partial charge in [0, 0.05) is 45.7 Å².